The zero-order valence-electron chi connectivity index (χ0n) is 18.8. The summed E-state index contributed by atoms with van der Waals surface area (Å²) in [5, 5.41) is 11.1. The Hall–Kier alpha value is -1.91. The first-order chi connectivity index (χ1) is 14.9. The Balaban J connectivity index is 1.25. The van der Waals surface area contributed by atoms with E-state index in [1.54, 1.807) is 0 Å². The molecule has 4 aliphatic rings. The standard InChI is InChI=1S/C27H35NO3/c1-19-7-6-10-26(2)17-24-21(15-23(19)26)22(25(29)31-24)18-28-13-11-27(30,12-14-28)16-20-8-4-3-5-9-20/h3-5,7-9,15,21-22,24,30H,6,10-14,16-18H2,1-2H3. The van der Waals surface area contributed by atoms with Gasteiger partial charge in [0.2, 0.25) is 0 Å². The van der Waals surface area contributed by atoms with Gasteiger partial charge in [0.1, 0.15) is 6.10 Å². The Labute approximate surface area is 186 Å². The normalized spacial score (nSPS) is 34.9. The van der Waals surface area contributed by atoms with Gasteiger partial charge in [0, 0.05) is 32.0 Å². The molecule has 2 aliphatic heterocycles. The average molecular weight is 422 g/mol. The highest BCUT2D eigenvalue weighted by Crippen LogP contribution is 2.52. The van der Waals surface area contributed by atoms with E-state index in [1.807, 2.05) is 18.2 Å². The van der Waals surface area contributed by atoms with Crippen molar-refractivity contribution in [1.82, 2.24) is 4.90 Å². The van der Waals surface area contributed by atoms with Gasteiger partial charge in [0.05, 0.1) is 11.5 Å². The summed E-state index contributed by atoms with van der Waals surface area (Å²) in [7, 11) is 0. The number of hydrogen-bond donors (Lipinski definition) is 1. The van der Waals surface area contributed by atoms with Crippen LogP contribution < -0.4 is 0 Å². The molecular weight excluding hydrogens is 386 g/mol. The van der Waals surface area contributed by atoms with Crippen LogP contribution in [0.1, 0.15) is 51.5 Å². The Bertz CT molecular complexity index is 896. The molecule has 166 valence electrons. The quantitative estimate of drug-likeness (QED) is 0.737. The molecule has 0 amide bonds. The molecule has 4 heteroatoms. The predicted molar refractivity (Wildman–Crippen MR) is 121 cm³/mol. The van der Waals surface area contributed by atoms with Gasteiger partial charge in [-0.05, 0) is 55.6 Å². The molecule has 1 aromatic rings. The Kier molecular flexibility index (Phi) is 5.34. The summed E-state index contributed by atoms with van der Waals surface area (Å²) in [6, 6.07) is 10.2. The van der Waals surface area contributed by atoms with E-state index in [1.165, 1.54) is 16.7 Å². The van der Waals surface area contributed by atoms with Crippen LogP contribution in [0.2, 0.25) is 0 Å². The van der Waals surface area contributed by atoms with Gasteiger partial charge in [-0.15, -0.1) is 0 Å². The van der Waals surface area contributed by atoms with Crippen molar-refractivity contribution in [2.45, 2.75) is 64.1 Å². The van der Waals surface area contributed by atoms with E-state index in [-0.39, 0.29) is 29.3 Å². The van der Waals surface area contributed by atoms with Crippen LogP contribution >= 0.6 is 0 Å². The maximum atomic E-state index is 12.8. The van der Waals surface area contributed by atoms with Gasteiger partial charge < -0.3 is 14.7 Å². The highest BCUT2D eigenvalue weighted by atomic mass is 16.6. The van der Waals surface area contributed by atoms with E-state index in [4.69, 9.17) is 4.74 Å². The topological polar surface area (TPSA) is 49.8 Å². The van der Waals surface area contributed by atoms with Gasteiger partial charge >= 0.3 is 5.97 Å². The maximum absolute atomic E-state index is 12.8. The summed E-state index contributed by atoms with van der Waals surface area (Å²) in [5.74, 6) is 0.0695. The van der Waals surface area contributed by atoms with Crippen LogP contribution in [0.15, 0.2) is 53.6 Å². The highest BCUT2D eigenvalue weighted by molar-refractivity contribution is 5.76. The van der Waals surface area contributed by atoms with E-state index in [0.29, 0.717) is 6.42 Å². The molecule has 5 rings (SSSR count). The lowest BCUT2D eigenvalue weighted by Gasteiger charge is -2.43. The molecule has 0 aromatic heterocycles. The fourth-order valence-electron chi connectivity index (χ4n) is 6.42. The van der Waals surface area contributed by atoms with Crippen LogP contribution in [0.4, 0.5) is 0 Å². The lowest BCUT2D eigenvalue weighted by molar-refractivity contribution is -0.145. The van der Waals surface area contributed by atoms with Crippen molar-refractivity contribution in [3.63, 3.8) is 0 Å². The van der Waals surface area contributed by atoms with Crippen molar-refractivity contribution in [1.29, 1.82) is 0 Å². The van der Waals surface area contributed by atoms with Crippen molar-refractivity contribution in [3.8, 4) is 0 Å². The molecule has 4 unspecified atom stereocenters. The largest absolute Gasteiger partial charge is 0.461 e. The number of allylic oxidation sites excluding steroid dienone is 3. The summed E-state index contributed by atoms with van der Waals surface area (Å²) < 4.78 is 5.91. The van der Waals surface area contributed by atoms with E-state index < -0.39 is 5.60 Å². The van der Waals surface area contributed by atoms with E-state index in [9.17, 15) is 9.90 Å². The molecule has 2 fully saturated rings. The Morgan fingerprint density at radius 2 is 1.90 bits per heavy atom. The summed E-state index contributed by atoms with van der Waals surface area (Å²) in [6.07, 6.45) is 10.2. The number of carbonyl (C=O) groups excluding carboxylic acids is 1. The molecule has 4 nitrogen and oxygen atoms in total. The minimum atomic E-state index is -0.644. The molecule has 0 spiro atoms. The molecule has 31 heavy (non-hydrogen) atoms. The molecule has 1 N–H and O–H groups in total. The number of piperidine rings is 1. The molecular formula is C27H35NO3. The van der Waals surface area contributed by atoms with E-state index in [2.05, 4.69) is 43.0 Å². The molecule has 1 aromatic carbocycles. The van der Waals surface area contributed by atoms with Crippen molar-refractivity contribution in [2.75, 3.05) is 19.6 Å². The van der Waals surface area contributed by atoms with Gasteiger partial charge in [-0.2, -0.15) is 0 Å². The van der Waals surface area contributed by atoms with Crippen LogP contribution in [0.5, 0.6) is 0 Å². The van der Waals surface area contributed by atoms with Gasteiger partial charge in [0.25, 0.3) is 0 Å². The van der Waals surface area contributed by atoms with E-state index >= 15 is 0 Å². The number of nitrogens with zero attached hydrogens (tertiary/aromatic N) is 1. The predicted octanol–water partition coefficient (Wildman–Crippen LogP) is 4.29. The molecule has 2 heterocycles. The van der Waals surface area contributed by atoms with Crippen molar-refractivity contribution in [2.24, 2.45) is 17.3 Å². The lowest BCUT2D eigenvalue weighted by atomic mass is 9.62. The van der Waals surface area contributed by atoms with Crippen molar-refractivity contribution < 1.29 is 14.6 Å². The average Bonchev–Trinajstić information content (AvgIpc) is 3.02. The van der Waals surface area contributed by atoms with Crippen molar-refractivity contribution >= 4 is 5.97 Å². The second kappa shape index (κ2) is 7.90. The maximum Gasteiger partial charge on any atom is 0.311 e. The number of fused-ring (bicyclic) bond motifs is 2. The molecule has 2 aliphatic carbocycles. The third kappa shape index (κ3) is 4.01. The second-order valence-corrected chi connectivity index (χ2v) is 10.6. The van der Waals surface area contributed by atoms with Crippen LogP contribution in [0.3, 0.4) is 0 Å². The number of benzene rings is 1. The molecule has 2 saturated heterocycles. The van der Waals surface area contributed by atoms with Gasteiger partial charge in [0.15, 0.2) is 0 Å². The SMILES string of the molecule is CC1=CCCC2(C)CC3OC(=O)C(CN4CCC(O)(Cc5ccccc5)CC4)C3C=C12. The molecule has 0 saturated carbocycles. The van der Waals surface area contributed by atoms with Crippen LogP contribution in [-0.2, 0) is 16.0 Å². The number of carbonyl (C=O) groups is 1. The molecule has 0 bridgehead atoms. The Morgan fingerprint density at radius 3 is 2.65 bits per heavy atom. The van der Waals surface area contributed by atoms with Crippen molar-refractivity contribution in [3.05, 3.63) is 59.2 Å². The number of hydrogen-bond acceptors (Lipinski definition) is 4. The van der Waals surface area contributed by atoms with Gasteiger partial charge in [-0.25, -0.2) is 0 Å². The summed E-state index contributed by atoms with van der Waals surface area (Å²) in [4.78, 5) is 15.2. The minimum absolute atomic E-state index is 0.0250. The third-order valence-electron chi connectivity index (χ3n) is 8.31. The van der Waals surface area contributed by atoms with Gasteiger partial charge in [-0.1, -0.05) is 55.0 Å². The summed E-state index contributed by atoms with van der Waals surface area (Å²) in [6.45, 7) is 6.96. The first kappa shape index (κ1) is 21.0. The smallest absolute Gasteiger partial charge is 0.311 e. The summed E-state index contributed by atoms with van der Waals surface area (Å²) >= 11 is 0. The number of rotatable bonds is 4. The van der Waals surface area contributed by atoms with Crippen LogP contribution in [0, 0.1) is 17.3 Å². The van der Waals surface area contributed by atoms with E-state index in [0.717, 1.165) is 51.7 Å². The zero-order valence-corrected chi connectivity index (χ0v) is 18.8. The summed E-state index contributed by atoms with van der Waals surface area (Å²) in [5.41, 5.74) is 3.52. The number of likely N-dealkylation sites (tertiary alicyclic amines) is 1. The monoisotopic (exact) mass is 421 g/mol. The zero-order chi connectivity index (χ0) is 21.6. The third-order valence-corrected chi connectivity index (χ3v) is 8.31. The number of ether oxygens (including phenoxy) is 1. The Morgan fingerprint density at radius 1 is 1.16 bits per heavy atom. The molecule has 4 atom stereocenters. The van der Waals surface area contributed by atoms with Gasteiger partial charge in [-0.3, -0.25) is 4.79 Å². The van der Waals surface area contributed by atoms with Crippen LogP contribution in [-0.4, -0.2) is 47.3 Å². The van der Waals surface area contributed by atoms with Crippen LogP contribution in [0.25, 0.3) is 0 Å². The number of aliphatic hydroxyl groups is 1. The first-order valence-electron chi connectivity index (χ1n) is 11.9. The fraction of sp³-hybridized carbons (Fsp3) is 0.593. The highest BCUT2D eigenvalue weighted by Gasteiger charge is 2.51. The second-order valence-electron chi connectivity index (χ2n) is 10.6. The lowest BCUT2D eigenvalue weighted by Crippen LogP contribution is -2.48. The fourth-order valence-corrected chi connectivity index (χ4v) is 6.42. The molecule has 0 radical (unpaired) electrons. The minimum Gasteiger partial charge on any atom is -0.461 e. The first-order valence-corrected chi connectivity index (χ1v) is 11.9. The number of esters is 1.